The molecule has 2 N–H and O–H groups in total. The van der Waals surface area contributed by atoms with Crippen molar-refractivity contribution < 1.29 is 18.0 Å². The van der Waals surface area contributed by atoms with E-state index in [-0.39, 0.29) is 18.1 Å². The normalized spacial score (nSPS) is 15.5. The Balaban J connectivity index is 1.84. The van der Waals surface area contributed by atoms with Crippen LogP contribution in [0.25, 0.3) is 0 Å². The zero-order valence-corrected chi connectivity index (χ0v) is 16.5. The van der Waals surface area contributed by atoms with Gasteiger partial charge in [0.25, 0.3) is 0 Å². The Hall–Kier alpha value is -1.58. The third kappa shape index (κ3) is 6.51. The molecule has 0 aliphatic carbocycles. The van der Waals surface area contributed by atoms with Crippen LogP contribution in [0.3, 0.4) is 0 Å². The minimum Gasteiger partial charge on any atom is -0.363 e. The average molecular weight is 423 g/mol. The van der Waals surface area contributed by atoms with Crippen LogP contribution >= 0.6 is 23.8 Å². The molecule has 1 amide bonds. The van der Waals surface area contributed by atoms with Crippen LogP contribution in [0.5, 0.6) is 0 Å². The minimum absolute atomic E-state index is 0.0697. The molecule has 0 unspecified atom stereocenters. The lowest BCUT2D eigenvalue weighted by Crippen LogP contribution is -2.53. The lowest BCUT2D eigenvalue weighted by molar-refractivity contribution is -0.137. The van der Waals surface area contributed by atoms with Gasteiger partial charge in [0.05, 0.1) is 17.1 Å². The maximum Gasteiger partial charge on any atom is 0.417 e. The van der Waals surface area contributed by atoms with Crippen molar-refractivity contribution in [2.24, 2.45) is 0 Å². The fourth-order valence-corrected chi connectivity index (χ4v) is 3.19. The number of carbonyl (C=O) groups is 1. The molecule has 1 heterocycles. The van der Waals surface area contributed by atoms with Gasteiger partial charge in [0.15, 0.2) is 5.11 Å². The number of anilines is 1. The lowest BCUT2D eigenvalue weighted by Gasteiger charge is -2.35. The second-order valence-electron chi connectivity index (χ2n) is 6.24. The van der Waals surface area contributed by atoms with E-state index in [0.717, 1.165) is 25.1 Å². The second-order valence-corrected chi connectivity index (χ2v) is 7.03. The predicted molar refractivity (Wildman–Crippen MR) is 104 cm³/mol. The summed E-state index contributed by atoms with van der Waals surface area (Å²) in [5.41, 5.74) is -0.899. The molecule has 0 bridgehead atoms. The third-order valence-electron chi connectivity index (χ3n) is 4.11. The van der Waals surface area contributed by atoms with Crippen LogP contribution in [-0.2, 0) is 11.0 Å². The molecule has 27 heavy (non-hydrogen) atoms. The second kappa shape index (κ2) is 9.57. The topological polar surface area (TPSA) is 47.6 Å². The van der Waals surface area contributed by atoms with Crippen LogP contribution < -0.4 is 10.6 Å². The zero-order valence-electron chi connectivity index (χ0n) is 14.9. The maximum atomic E-state index is 12.9. The van der Waals surface area contributed by atoms with Crippen LogP contribution in [0.2, 0.25) is 5.02 Å². The summed E-state index contributed by atoms with van der Waals surface area (Å²) in [4.78, 5) is 16.2. The molecule has 0 aromatic heterocycles. The number of nitrogens with one attached hydrogen (secondary N) is 2. The van der Waals surface area contributed by atoms with Gasteiger partial charge in [-0.25, -0.2) is 0 Å². The molecule has 150 valence electrons. The molecular weight excluding hydrogens is 401 g/mol. The zero-order chi connectivity index (χ0) is 20.0. The summed E-state index contributed by atoms with van der Waals surface area (Å²) in [6.45, 7) is 5.68. The molecule has 1 aliphatic rings. The van der Waals surface area contributed by atoms with Gasteiger partial charge >= 0.3 is 6.18 Å². The van der Waals surface area contributed by atoms with Gasteiger partial charge in [-0.05, 0) is 36.8 Å². The smallest absolute Gasteiger partial charge is 0.363 e. The monoisotopic (exact) mass is 422 g/mol. The van der Waals surface area contributed by atoms with Gasteiger partial charge in [-0.3, -0.25) is 9.69 Å². The van der Waals surface area contributed by atoms with E-state index < -0.39 is 16.8 Å². The van der Waals surface area contributed by atoms with Crippen LogP contribution in [0, 0.1) is 0 Å². The lowest BCUT2D eigenvalue weighted by atomic mass is 10.2. The number of benzene rings is 1. The van der Waals surface area contributed by atoms with E-state index in [0.29, 0.717) is 31.3 Å². The summed E-state index contributed by atoms with van der Waals surface area (Å²) in [7, 11) is 0. The molecule has 0 radical (unpaired) electrons. The molecule has 0 atom stereocenters. The number of hydrogen-bond donors (Lipinski definition) is 2. The number of rotatable bonds is 5. The van der Waals surface area contributed by atoms with Gasteiger partial charge in [-0.1, -0.05) is 18.5 Å². The van der Waals surface area contributed by atoms with E-state index in [4.69, 9.17) is 23.8 Å². The molecule has 5 nitrogen and oxygen atoms in total. The molecule has 1 fully saturated rings. The number of piperazine rings is 1. The first-order valence-corrected chi connectivity index (χ1v) is 9.41. The van der Waals surface area contributed by atoms with Gasteiger partial charge in [-0.15, -0.1) is 0 Å². The summed E-state index contributed by atoms with van der Waals surface area (Å²) >= 11 is 10.9. The van der Waals surface area contributed by atoms with Crippen molar-refractivity contribution >= 4 is 40.5 Å². The Bertz CT molecular complexity index is 679. The molecule has 0 saturated carbocycles. The van der Waals surface area contributed by atoms with E-state index in [2.05, 4.69) is 17.6 Å². The first kappa shape index (κ1) is 21.7. The SMILES string of the molecule is CCCNC(=S)N1CCN(CC(=O)Nc2ccc(Cl)c(C(F)(F)F)c2)CC1. The summed E-state index contributed by atoms with van der Waals surface area (Å²) < 4.78 is 38.7. The number of alkyl halides is 3. The molecule has 1 aliphatic heterocycles. The van der Waals surface area contributed by atoms with Gasteiger partial charge in [0.2, 0.25) is 5.91 Å². The molecule has 1 aromatic carbocycles. The van der Waals surface area contributed by atoms with Crippen molar-refractivity contribution in [3.05, 3.63) is 28.8 Å². The van der Waals surface area contributed by atoms with Crippen molar-refractivity contribution in [1.29, 1.82) is 0 Å². The molecule has 2 rings (SSSR count). The standard InChI is InChI=1S/C17H22ClF3N4OS/c1-2-5-22-16(27)25-8-6-24(7-9-25)11-15(26)23-12-3-4-14(18)13(10-12)17(19,20)21/h3-4,10H,2,5-9,11H2,1H3,(H,22,27)(H,23,26). The number of hydrogen-bond acceptors (Lipinski definition) is 3. The van der Waals surface area contributed by atoms with Crippen molar-refractivity contribution in [1.82, 2.24) is 15.1 Å². The van der Waals surface area contributed by atoms with E-state index in [1.54, 1.807) is 0 Å². The fourth-order valence-electron chi connectivity index (χ4n) is 2.68. The van der Waals surface area contributed by atoms with Crippen LogP contribution in [0.15, 0.2) is 18.2 Å². The largest absolute Gasteiger partial charge is 0.417 e. The Morgan fingerprint density at radius 3 is 2.52 bits per heavy atom. The van der Waals surface area contributed by atoms with Gasteiger partial charge < -0.3 is 15.5 Å². The predicted octanol–water partition coefficient (Wildman–Crippen LogP) is 3.20. The highest BCUT2D eigenvalue weighted by Gasteiger charge is 2.33. The number of nitrogens with zero attached hydrogens (tertiary/aromatic N) is 2. The highest BCUT2D eigenvalue weighted by atomic mass is 35.5. The van der Waals surface area contributed by atoms with E-state index in [1.165, 1.54) is 6.07 Å². The van der Waals surface area contributed by atoms with E-state index >= 15 is 0 Å². The summed E-state index contributed by atoms with van der Waals surface area (Å²) in [5, 5.41) is 5.98. The quantitative estimate of drug-likeness (QED) is 0.714. The minimum atomic E-state index is -4.57. The number of halogens is 4. The third-order valence-corrected chi connectivity index (χ3v) is 4.84. The molecule has 1 saturated heterocycles. The molecule has 1 aromatic rings. The van der Waals surface area contributed by atoms with Crippen molar-refractivity contribution in [2.45, 2.75) is 19.5 Å². The number of carbonyl (C=O) groups excluding carboxylic acids is 1. The number of thiocarbonyl (C=S) groups is 1. The fraction of sp³-hybridized carbons (Fsp3) is 0.529. The Kier molecular flexibility index (Phi) is 7.69. The molecule has 10 heteroatoms. The van der Waals surface area contributed by atoms with Crippen LogP contribution in [0.1, 0.15) is 18.9 Å². The van der Waals surface area contributed by atoms with Crippen LogP contribution in [0.4, 0.5) is 18.9 Å². The Morgan fingerprint density at radius 2 is 1.93 bits per heavy atom. The van der Waals surface area contributed by atoms with E-state index in [1.807, 2.05) is 9.80 Å². The Morgan fingerprint density at radius 1 is 1.26 bits per heavy atom. The van der Waals surface area contributed by atoms with Crippen LogP contribution in [-0.4, -0.2) is 60.1 Å². The Labute approximate surface area is 166 Å². The summed E-state index contributed by atoms with van der Waals surface area (Å²) in [6, 6.07) is 3.32. The summed E-state index contributed by atoms with van der Waals surface area (Å²) in [6.07, 6.45) is -3.58. The van der Waals surface area contributed by atoms with Crippen molar-refractivity contribution in [3.63, 3.8) is 0 Å². The first-order valence-electron chi connectivity index (χ1n) is 8.62. The molecule has 0 spiro atoms. The van der Waals surface area contributed by atoms with Gasteiger partial charge in [0, 0.05) is 38.4 Å². The van der Waals surface area contributed by atoms with Gasteiger partial charge in [-0.2, -0.15) is 13.2 Å². The average Bonchev–Trinajstić information content (AvgIpc) is 2.61. The van der Waals surface area contributed by atoms with Gasteiger partial charge in [0.1, 0.15) is 0 Å². The maximum absolute atomic E-state index is 12.9. The highest BCUT2D eigenvalue weighted by molar-refractivity contribution is 7.80. The molecular formula is C17H22ClF3N4OS. The highest BCUT2D eigenvalue weighted by Crippen LogP contribution is 2.36. The van der Waals surface area contributed by atoms with Crippen molar-refractivity contribution in [3.8, 4) is 0 Å². The number of amides is 1. The van der Waals surface area contributed by atoms with E-state index in [9.17, 15) is 18.0 Å². The first-order chi connectivity index (χ1) is 12.7. The van der Waals surface area contributed by atoms with Crippen molar-refractivity contribution in [2.75, 3.05) is 44.6 Å². The summed E-state index contributed by atoms with van der Waals surface area (Å²) in [5.74, 6) is -0.370.